The lowest BCUT2D eigenvalue weighted by Gasteiger charge is -2.26. The first kappa shape index (κ1) is 14.8. The zero-order chi connectivity index (χ0) is 15.0. The van der Waals surface area contributed by atoms with Gasteiger partial charge < -0.3 is 14.4 Å². The number of benzene rings is 1. The van der Waals surface area contributed by atoms with E-state index in [0.717, 1.165) is 0 Å². The number of carbonyl (C=O) groups excluding carboxylic acids is 1. The Morgan fingerprint density at radius 2 is 2.43 bits per heavy atom. The summed E-state index contributed by atoms with van der Waals surface area (Å²) in [4.78, 5) is 14.2. The van der Waals surface area contributed by atoms with Crippen molar-refractivity contribution in [3.8, 4) is 0 Å². The smallest absolute Gasteiger partial charge is 0.258 e. The van der Waals surface area contributed by atoms with E-state index in [-0.39, 0.29) is 27.8 Å². The molecule has 2 heterocycles. The van der Waals surface area contributed by atoms with Crippen LogP contribution < -0.4 is 0 Å². The van der Waals surface area contributed by atoms with Crippen molar-refractivity contribution in [1.29, 1.82) is 0 Å². The Bertz CT molecular complexity index is 548. The maximum Gasteiger partial charge on any atom is 0.258 e. The predicted molar refractivity (Wildman–Crippen MR) is 75.9 cm³/mol. The number of halogens is 2. The fourth-order valence-corrected chi connectivity index (χ4v) is 3.58. The SMILES string of the molecule is COC[C@@]12COC[C@@H]1CN(C(=O)c1c(F)cccc1Cl)C2. The Morgan fingerprint density at radius 1 is 1.62 bits per heavy atom. The van der Waals surface area contributed by atoms with Crippen molar-refractivity contribution in [2.45, 2.75) is 0 Å². The molecule has 0 aliphatic carbocycles. The highest BCUT2D eigenvalue weighted by atomic mass is 35.5. The number of likely N-dealkylation sites (tertiary alicyclic amines) is 1. The fourth-order valence-electron chi connectivity index (χ4n) is 3.34. The monoisotopic (exact) mass is 313 g/mol. The Morgan fingerprint density at radius 3 is 3.14 bits per heavy atom. The summed E-state index contributed by atoms with van der Waals surface area (Å²) in [6, 6.07) is 4.28. The van der Waals surface area contributed by atoms with Gasteiger partial charge in [-0.25, -0.2) is 4.39 Å². The molecular weight excluding hydrogens is 297 g/mol. The van der Waals surface area contributed by atoms with E-state index in [4.69, 9.17) is 21.1 Å². The lowest BCUT2D eigenvalue weighted by Crippen LogP contribution is -2.37. The highest BCUT2D eigenvalue weighted by Gasteiger charge is 2.52. The summed E-state index contributed by atoms with van der Waals surface area (Å²) in [7, 11) is 1.64. The first-order chi connectivity index (χ1) is 10.1. The van der Waals surface area contributed by atoms with Crippen LogP contribution in [0.25, 0.3) is 0 Å². The number of methoxy groups -OCH3 is 1. The van der Waals surface area contributed by atoms with Gasteiger partial charge >= 0.3 is 0 Å². The molecule has 0 aromatic heterocycles. The van der Waals surface area contributed by atoms with Gasteiger partial charge in [-0.1, -0.05) is 17.7 Å². The van der Waals surface area contributed by atoms with Crippen LogP contribution in [0.4, 0.5) is 4.39 Å². The van der Waals surface area contributed by atoms with Crippen LogP contribution in [0.5, 0.6) is 0 Å². The molecule has 0 N–H and O–H groups in total. The number of carbonyl (C=O) groups is 1. The summed E-state index contributed by atoms with van der Waals surface area (Å²) < 4.78 is 24.7. The van der Waals surface area contributed by atoms with E-state index in [0.29, 0.717) is 32.9 Å². The van der Waals surface area contributed by atoms with Crippen LogP contribution >= 0.6 is 11.6 Å². The van der Waals surface area contributed by atoms with Crippen LogP contribution in [0.1, 0.15) is 10.4 Å². The van der Waals surface area contributed by atoms with Crippen LogP contribution in [-0.2, 0) is 9.47 Å². The van der Waals surface area contributed by atoms with Crippen molar-refractivity contribution in [2.24, 2.45) is 11.3 Å². The normalized spacial score (nSPS) is 28.0. The lowest BCUT2D eigenvalue weighted by atomic mass is 9.82. The molecule has 21 heavy (non-hydrogen) atoms. The van der Waals surface area contributed by atoms with Crippen molar-refractivity contribution in [3.63, 3.8) is 0 Å². The average molecular weight is 314 g/mol. The zero-order valence-corrected chi connectivity index (χ0v) is 12.5. The zero-order valence-electron chi connectivity index (χ0n) is 11.8. The first-order valence-electron chi connectivity index (χ1n) is 6.87. The van der Waals surface area contributed by atoms with Gasteiger partial charge in [0.15, 0.2) is 0 Å². The highest BCUT2D eigenvalue weighted by molar-refractivity contribution is 6.33. The quantitative estimate of drug-likeness (QED) is 0.859. The van der Waals surface area contributed by atoms with E-state index in [2.05, 4.69) is 0 Å². The van der Waals surface area contributed by atoms with Crippen LogP contribution in [-0.4, -0.2) is 50.8 Å². The molecule has 2 atom stereocenters. The Kier molecular flexibility index (Phi) is 3.90. The second-order valence-corrected chi connectivity index (χ2v) is 6.20. The molecule has 0 bridgehead atoms. The summed E-state index contributed by atoms with van der Waals surface area (Å²) in [6.07, 6.45) is 0. The van der Waals surface area contributed by atoms with E-state index in [1.807, 2.05) is 0 Å². The number of hydrogen-bond acceptors (Lipinski definition) is 3. The van der Waals surface area contributed by atoms with Gasteiger partial charge in [0.2, 0.25) is 0 Å². The summed E-state index contributed by atoms with van der Waals surface area (Å²) in [6.45, 7) is 2.77. The van der Waals surface area contributed by atoms with Gasteiger partial charge in [-0.15, -0.1) is 0 Å². The second kappa shape index (κ2) is 5.55. The Hall–Kier alpha value is -1.17. The molecule has 2 saturated heterocycles. The number of fused-ring (bicyclic) bond motifs is 1. The van der Waals surface area contributed by atoms with Crippen LogP contribution in [0.3, 0.4) is 0 Å². The first-order valence-corrected chi connectivity index (χ1v) is 7.25. The van der Waals surface area contributed by atoms with Crippen molar-refractivity contribution in [2.75, 3.05) is 40.0 Å². The highest BCUT2D eigenvalue weighted by Crippen LogP contribution is 2.42. The minimum atomic E-state index is -0.582. The number of nitrogens with zero attached hydrogens (tertiary/aromatic N) is 1. The molecule has 1 amide bonds. The molecule has 3 rings (SSSR count). The van der Waals surface area contributed by atoms with Crippen LogP contribution in [0.15, 0.2) is 18.2 Å². The molecule has 0 saturated carbocycles. The Balaban J connectivity index is 1.85. The van der Waals surface area contributed by atoms with Crippen molar-refractivity contribution in [1.82, 2.24) is 4.90 Å². The maximum atomic E-state index is 13.9. The summed E-state index contributed by atoms with van der Waals surface area (Å²) >= 11 is 5.98. The minimum Gasteiger partial charge on any atom is -0.384 e. The van der Waals surface area contributed by atoms with E-state index < -0.39 is 5.82 Å². The maximum absolute atomic E-state index is 13.9. The van der Waals surface area contributed by atoms with Gasteiger partial charge in [-0.2, -0.15) is 0 Å². The third kappa shape index (κ3) is 2.43. The molecule has 114 valence electrons. The van der Waals surface area contributed by atoms with Gasteiger partial charge in [0.1, 0.15) is 5.82 Å². The fraction of sp³-hybridized carbons (Fsp3) is 0.533. The molecule has 1 aromatic rings. The summed E-state index contributed by atoms with van der Waals surface area (Å²) in [5.41, 5.74) is -0.227. The largest absolute Gasteiger partial charge is 0.384 e. The molecule has 6 heteroatoms. The number of hydrogen-bond donors (Lipinski definition) is 0. The van der Waals surface area contributed by atoms with E-state index in [9.17, 15) is 9.18 Å². The number of rotatable bonds is 3. The Labute approximate surface area is 127 Å². The van der Waals surface area contributed by atoms with E-state index in [1.165, 1.54) is 18.2 Å². The van der Waals surface area contributed by atoms with Gasteiger partial charge in [0.05, 0.1) is 30.4 Å². The average Bonchev–Trinajstić information content (AvgIpc) is 2.95. The topological polar surface area (TPSA) is 38.8 Å². The standard InChI is InChI=1S/C15H17ClFNO3/c1-20-8-15-7-18(5-10(15)6-21-9-15)14(19)13-11(16)3-2-4-12(13)17/h2-4,10H,5-9H2,1H3/t10-,15-/m0/s1. The third-order valence-electron chi connectivity index (χ3n) is 4.42. The molecule has 2 fully saturated rings. The van der Waals surface area contributed by atoms with Crippen LogP contribution in [0.2, 0.25) is 5.02 Å². The van der Waals surface area contributed by atoms with E-state index in [1.54, 1.807) is 12.0 Å². The molecule has 1 aromatic carbocycles. The van der Waals surface area contributed by atoms with Gasteiger partial charge in [-0.3, -0.25) is 4.79 Å². The molecule has 4 nitrogen and oxygen atoms in total. The number of amides is 1. The molecule has 0 radical (unpaired) electrons. The predicted octanol–water partition coefficient (Wildman–Crippen LogP) is 2.21. The van der Waals surface area contributed by atoms with Gasteiger partial charge in [0, 0.05) is 31.5 Å². The molecule has 0 spiro atoms. The lowest BCUT2D eigenvalue weighted by molar-refractivity contribution is 0.0487. The van der Waals surface area contributed by atoms with Gasteiger partial charge in [-0.05, 0) is 12.1 Å². The molecular formula is C15H17ClFNO3. The molecule has 2 aliphatic rings. The van der Waals surface area contributed by atoms with Gasteiger partial charge in [0.25, 0.3) is 5.91 Å². The number of ether oxygens (including phenoxy) is 2. The minimum absolute atomic E-state index is 0.0485. The summed E-state index contributed by atoms with van der Waals surface area (Å²) in [5.74, 6) is -0.712. The van der Waals surface area contributed by atoms with Crippen LogP contribution in [0, 0.1) is 17.2 Å². The molecule has 2 aliphatic heterocycles. The van der Waals surface area contributed by atoms with Crippen molar-refractivity contribution >= 4 is 17.5 Å². The van der Waals surface area contributed by atoms with E-state index >= 15 is 0 Å². The third-order valence-corrected chi connectivity index (χ3v) is 4.73. The van der Waals surface area contributed by atoms with Crippen molar-refractivity contribution in [3.05, 3.63) is 34.6 Å². The molecule has 0 unspecified atom stereocenters. The second-order valence-electron chi connectivity index (χ2n) is 5.79. The summed E-state index contributed by atoms with van der Waals surface area (Å²) in [5, 5.41) is 0.147. The van der Waals surface area contributed by atoms with Crippen molar-refractivity contribution < 1.29 is 18.7 Å².